The minimum absolute atomic E-state index is 0.0854. The number of hydrogen-bond donors (Lipinski definition) is 2. The van der Waals surface area contributed by atoms with Gasteiger partial charge in [-0.25, -0.2) is 0 Å². The molecular weight excluding hydrogens is 426 g/mol. The Balaban J connectivity index is 1.30. The van der Waals surface area contributed by atoms with Gasteiger partial charge in [0.1, 0.15) is 0 Å². The number of ether oxygens (including phenoxy) is 1. The molecule has 0 radical (unpaired) electrons. The van der Waals surface area contributed by atoms with E-state index in [1.54, 1.807) is 7.11 Å². The average molecular weight is 464 g/mol. The molecule has 0 spiro atoms. The number of amides is 2. The molecule has 182 valence electrons. The van der Waals surface area contributed by atoms with Crippen molar-refractivity contribution in [1.29, 1.82) is 0 Å². The van der Waals surface area contributed by atoms with Gasteiger partial charge in [0.2, 0.25) is 11.8 Å². The Bertz CT molecular complexity index is 909. The van der Waals surface area contributed by atoms with Crippen molar-refractivity contribution in [1.82, 2.24) is 15.5 Å². The van der Waals surface area contributed by atoms with Crippen molar-refractivity contribution >= 4 is 11.8 Å². The van der Waals surface area contributed by atoms with Gasteiger partial charge >= 0.3 is 0 Å². The van der Waals surface area contributed by atoms with Gasteiger partial charge in [-0.3, -0.25) is 9.59 Å². The summed E-state index contributed by atoms with van der Waals surface area (Å²) in [6.07, 6.45) is 5.21. The van der Waals surface area contributed by atoms with Crippen LogP contribution in [0.2, 0.25) is 0 Å². The largest absolute Gasteiger partial charge is 0.378 e. The van der Waals surface area contributed by atoms with E-state index in [4.69, 9.17) is 4.74 Å². The van der Waals surface area contributed by atoms with E-state index in [0.717, 1.165) is 62.9 Å². The summed E-state index contributed by atoms with van der Waals surface area (Å²) in [6.45, 7) is 2.54. The van der Waals surface area contributed by atoms with Gasteiger partial charge in [-0.2, -0.15) is 0 Å². The number of methoxy groups -OCH3 is 1. The molecule has 1 aliphatic heterocycles. The molecule has 2 aliphatic rings. The van der Waals surface area contributed by atoms with Crippen molar-refractivity contribution < 1.29 is 14.3 Å². The van der Waals surface area contributed by atoms with Gasteiger partial charge in [0.05, 0.1) is 18.6 Å². The van der Waals surface area contributed by atoms with Gasteiger partial charge < -0.3 is 20.3 Å². The summed E-state index contributed by atoms with van der Waals surface area (Å²) >= 11 is 0. The zero-order chi connectivity index (χ0) is 23.8. The quantitative estimate of drug-likeness (QED) is 0.566. The summed E-state index contributed by atoms with van der Waals surface area (Å²) in [5, 5.41) is 6.49. The minimum atomic E-state index is -0.178. The fourth-order valence-electron chi connectivity index (χ4n) is 4.88. The lowest BCUT2D eigenvalue weighted by atomic mass is 9.84. The van der Waals surface area contributed by atoms with E-state index >= 15 is 0 Å². The Morgan fingerprint density at radius 3 is 2.21 bits per heavy atom. The van der Waals surface area contributed by atoms with Crippen LogP contribution in [0.3, 0.4) is 0 Å². The first-order valence-electron chi connectivity index (χ1n) is 12.6. The number of carbonyl (C=O) groups excluding carboxylic acids is 2. The van der Waals surface area contributed by atoms with E-state index in [2.05, 4.69) is 27.7 Å². The molecule has 2 aromatic rings. The molecule has 1 saturated heterocycles. The predicted octanol–water partition coefficient (Wildman–Crippen LogP) is 3.48. The van der Waals surface area contributed by atoms with Crippen LogP contribution in [-0.4, -0.2) is 55.6 Å². The van der Waals surface area contributed by atoms with Crippen LogP contribution in [0, 0.1) is 5.92 Å². The second-order valence-electron chi connectivity index (χ2n) is 9.60. The Labute approximate surface area is 203 Å². The highest BCUT2D eigenvalue weighted by atomic mass is 16.5. The molecule has 0 unspecified atom stereocenters. The van der Waals surface area contributed by atoms with Gasteiger partial charge in [-0.1, -0.05) is 67.1 Å². The van der Waals surface area contributed by atoms with Crippen LogP contribution in [0.15, 0.2) is 60.7 Å². The van der Waals surface area contributed by atoms with Gasteiger partial charge in [0.25, 0.3) is 0 Å². The summed E-state index contributed by atoms with van der Waals surface area (Å²) in [5.74, 6) is 0.364. The van der Waals surface area contributed by atoms with E-state index < -0.39 is 0 Å². The topological polar surface area (TPSA) is 70.7 Å². The third-order valence-corrected chi connectivity index (χ3v) is 7.21. The van der Waals surface area contributed by atoms with Crippen LogP contribution in [0.25, 0.3) is 0 Å². The lowest BCUT2D eigenvalue weighted by molar-refractivity contribution is -0.129. The lowest BCUT2D eigenvalue weighted by Crippen LogP contribution is -2.50. The summed E-state index contributed by atoms with van der Waals surface area (Å²) in [5.41, 5.74) is 2.11. The Morgan fingerprint density at radius 1 is 0.971 bits per heavy atom. The normalized spacial score (nSPS) is 19.1. The zero-order valence-electron chi connectivity index (χ0n) is 20.1. The number of nitrogens with zero attached hydrogens (tertiary/aromatic N) is 1. The van der Waals surface area contributed by atoms with Gasteiger partial charge in [-0.05, 0) is 36.8 Å². The predicted molar refractivity (Wildman–Crippen MR) is 133 cm³/mol. The molecule has 1 saturated carbocycles. The number of nitrogens with one attached hydrogen (secondary N) is 2. The van der Waals surface area contributed by atoms with Crippen LogP contribution in [0.5, 0.6) is 0 Å². The van der Waals surface area contributed by atoms with Crippen LogP contribution < -0.4 is 10.6 Å². The third kappa shape index (κ3) is 6.67. The first-order valence-corrected chi connectivity index (χ1v) is 12.6. The molecule has 2 fully saturated rings. The first kappa shape index (κ1) is 24.4. The highest BCUT2D eigenvalue weighted by Crippen LogP contribution is 2.29. The van der Waals surface area contributed by atoms with Crippen molar-refractivity contribution in [2.24, 2.45) is 5.92 Å². The Hall–Kier alpha value is -2.70. The van der Waals surface area contributed by atoms with E-state index in [-0.39, 0.29) is 35.9 Å². The highest BCUT2D eigenvalue weighted by molar-refractivity contribution is 5.80. The number of piperidine rings is 1. The monoisotopic (exact) mass is 463 g/mol. The van der Waals surface area contributed by atoms with E-state index in [1.165, 1.54) is 0 Å². The number of likely N-dealkylation sites (tertiary alicyclic amines) is 1. The maximum Gasteiger partial charge on any atom is 0.224 e. The first-order chi connectivity index (χ1) is 16.6. The number of rotatable bonds is 10. The van der Waals surface area contributed by atoms with Crippen molar-refractivity contribution in [2.45, 2.75) is 56.7 Å². The maximum absolute atomic E-state index is 12.8. The fourth-order valence-corrected chi connectivity index (χ4v) is 4.88. The summed E-state index contributed by atoms with van der Waals surface area (Å²) in [4.78, 5) is 27.6. The highest BCUT2D eigenvalue weighted by Gasteiger charge is 2.32. The molecule has 0 bridgehead atoms. The number of hydrogen-bond acceptors (Lipinski definition) is 4. The summed E-state index contributed by atoms with van der Waals surface area (Å²) in [7, 11) is 1.73. The molecule has 1 aliphatic carbocycles. The number of benzene rings is 2. The van der Waals surface area contributed by atoms with E-state index in [0.29, 0.717) is 6.42 Å². The Morgan fingerprint density at radius 2 is 1.62 bits per heavy atom. The molecule has 4 rings (SSSR count). The molecule has 1 heterocycles. The molecule has 0 aromatic heterocycles. The van der Waals surface area contributed by atoms with Crippen molar-refractivity contribution in [3.63, 3.8) is 0 Å². The maximum atomic E-state index is 12.8. The molecule has 34 heavy (non-hydrogen) atoms. The van der Waals surface area contributed by atoms with Crippen molar-refractivity contribution in [3.05, 3.63) is 71.8 Å². The van der Waals surface area contributed by atoms with Crippen LogP contribution in [0.4, 0.5) is 0 Å². The molecule has 6 nitrogen and oxygen atoms in total. The van der Waals surface area contributed by atoms with Crippen LogP contribution in [-0.2, 0) is 20.7 Å². The van der Waals surface area contributed by atoms with Crippen molar-refractivity contribution in [2.75, 3.05) is 26.7 Å². The standard InChI is InChI=1S/C28H37N3O3/c1-34-25(27(22-11-6-3-7-12-22)30-28(33)23-13-8-14-23)20-31-17-15-24(16-18-31)29-26(32)19-21-9-4-2-5-10-21/h2-7,9-12,23-25,27H,8,13-20H2,1H3,(H,29,32)(H,30,33)/t25-,27+/m0/s1. The van der Waals surface area contributed by atoms with E-state index in [1.807, 2.05) is 48.5 Å². The minimum Gasteiger partial charge on any atom is -0.378 e. The molecule has 2 N–H and O–H groups in total. The SMILES string of the molecule is CO[C@@H](CN1CCC(NC(=O)Cc2ccccc2)CC1)[C@H](NC(=O)C1CCC1)c1ccccc1. The number of carbonyl (C=O) groups is 2. The smallest absolute Gasteiger partial charge is 0.224 e. The second kappa shape index (κ2) is 12.1. The molecule has 2 atom stereocenters. The summed E-state index contributed by atoms with van der Waals surface area (Å²) < 4.78 is 5.93. The van der Waals surface area contributed by atoms with Crippen LogP contribution in [0.1, 0.15) is 49.3 Å². The lowest BCUT2D eigenvalue weighted by Gasteiger charge is -2.37. The zero-order valence-corrected chi connectivity index (χ0v) is 20.1. The Kier molecular flexibility index (Phi) is 8.72. The molecule has 6 heteroatoms. The molecule has 2 amide bonds. The average Bonchev–Trinajstić information content (AvgIpc) is 2.82. The summed E-state index contributed by atoms with van der Waals surface area (Å²) in [6, 6.07) is 20.0. The fraction of sp³-hybridized carbons (Fsp3) is 0.500. The third-order valence-electron chi connectivity index (χ3n) is 7.21. The van der Waals surface area contributed by atoms with Crippen molar-refractivity contribution in [3.8, 4) is 0 Å². The second-order valence-corrected chi connectivity index (χ2v) is 9.60. The molecular formula is C28H37N3O3. The van der Waals surface area contributed by atoms with Gasteiger partial charge in [-0.15, -0.1) is 0 Å². The van der Waals surface area contributed by atoms with Gasteiger partial charge in [0, 0.05) is 38.7 Å². The van der Waals surface area contributed by atoms with E-state index in [9.17, 15) is 9.59 Å². The molecule has 2 aromatic carbocycles. The van der Waals surface area contributed by atoms with Gasteiger partial charge in [0.15, 0.2) is 0 Å². The van der Waals surface area contributed by atoms with Crippen LogP contribution >= 0.6 is 0 Å².